The third-order valence-electron chi connectivity index (χ3n) is 24.0. The van der Waals surface area contributed by atoms with Crippen molar-refractivity contribution in [3.8, 4) is 0 Å². The molecule has 10 saturated carbocycles. The summed E-state index contributed by atoms with van der Waals surface area (Å²) >= 11 is 0. The van der Waals surface area contributed by atoms with Gasteiger partial charge in [-0.25, -0.2) is 0 Å². The van der Waals surface area contributed by atoms with Gasteiger partial charge in [0.15, 0.2) is 0 Å². The molecule has 25 atom stereocenters. The lowest BCUT2D eigenvalue weighted by molar-refractivity contribution is -0.284. The highest BCUT2D eigenvalue weighted by Crippen LogP contribution is 2.78. The van der Waals surface area contributed by atoms with Crippen LogP contribution in [0.15, 0.2) is 0 Å². The molecule has 0 aromatic rings. The Morgan fingerprint density at radius 1 is 0.407 bits per heavy atom. The Hall–Kier alpha value is 0. The second-order valence-electron chi connectivity index (χ2n) is 26.9. The second kappa shape index (κ2) is 17.1. The van der Waals surface area contributed by atoms with Crippen molar-refractivity contribution in [3.05, 3.63) is 0 Å². The minimum Gasteiger partial charge on any atom is -0.0654 e. The Balaban J connectivity index is 1.07. The van der Waals surface area contributed by atoms with Crippen LogP contribution in [0.4, 0.5) is 0 Å². The lowest BCUT2D eigenvalue weighted by Gasteiger charge is -2.76. The maximum atomic E-state index is 2.92. The zero-order chi connectivity index (χ0) is 41.0. The average molecular weight is 809 g/mol. The van der Waals surface area contributed by atoms with E-state index >= 15 is 0 Å². The van der Waals surface area contributed by atoms with Crippen LogP contribution in [0.2, 0.25) is 0 Å². The second-order valence-corrected chi connectivity index (χ2v) is 26.9. The van der Waals surface area contributed by atoms with Gasteiger partial charge in [-0.05, 0) is 236 Å². The molecule has 0 heterocycles. The number of fused-ring (bicyclic) bond motifs is 5. The van der Waals surface area contributed by atoms with E-state index in [1.165, 1.54) is 44.9 Å². The minimum atomic E-state index is 0.867. The molecule has 0 bridgehead atoms. The molecule has 0 spiro atoms. The van der Waals surface area contributed by atoms with E-state index in [-0.39, 0.29) is 0 Å². The van der Waals surface area contributed by atoms with E-state index in [0.717, 1.165) is 166 Å². The van der Waals surface area contributed by atoms with E-state index in [4.69, 9.17) is 0 Å². The highest BCUT2D eigenvalue weighted by atomic mass is 14.8. The van der Waals surface area contributed by atoms with Crippen LogP contribution in [0.3, 0.4) is 0 Å². The van der Waals surface area contributed by atoms with Crippen molar-refractivity contribution in [2.45, 2.75) is 204 Å². The topological polar surface area (TPSA) is 0 Å². The van der Waals surface area contributed by atoms with E-state index in [1.807, 2.05) is 0 Å². The molecule has 0 aliphatic heterocycles. The van der Waals surface area contributed by atoms with Crippen molar-refractivity contribution in [2.75, 3.05) is 0 Å². The first kappa shape index (κ1) is 42.9. The first-order valence-corrected chi connectivity index (χ1v) is 28.6. The summed E-state index contributed by atoms with van der Waals surface area (Å²) in [4.78, 5) is 0. The normalized spacial score (nSPS) is 54.2. The molecule has 10 aliphatic carbocycles. The van der Waals surface area contributed by atoms with Crippen LogP contribution in [0.25, 0.3) is 0 Å². The summed E-state index contributed by atoms with van der Waals surface area (Å²) in [5, 5.41) is 0. The third kappa shape index (κ3) is 7.02. The molecular weight excluding hydrogens is 709 g/mol. The largest absolute Gasteiger partial charge is 0.0654 e. The predicted octanol–water partition coefficient (Wildman–Crippen LogP) is 16.8. The minimum absolute atomic E-state index is 0.867. The van der Waals surface area contributed by atoms with Gasteiger partial charge >= 0.3 is 0 Å². The van der Waals surface area contributed by atoms with Crippen molar-refractivity contribution in [2.24, 2.45) is 166 Å². The summed E-state index contributed by atoms with van der Waals surface area (Å²) < 4.78 is 0. The Morgan fingerprint density at radius 3 is 1.63 bits per heavy atom. The van der Waals surface area contributed by atoms with Gasteiger partial charge in [0.2, 0.25) is 0 Å². The van der Waals surface area contributed by atoms with Gasteiger partial charge in [0.05, 0.1) is 0 Å². The summed E-state index contributed by atoms with van der Waals surface area (Å²) in [6.45, 7) is 26.1. The fourth-order valence-electron chi connectivity index (χ4n) is 22.9. The van der Waals surface area contributed by atoms with Gasteiger partial charge in [0.1, 0.15) is 0 Å². The zero-order valence-corrected chi connectivity index (χ0v) is 41.0. The van der Waals surface area contributed by atoms with Gasteiger partial charge < -0.3 is 0 Å². The van der Waals surface area contributed by atoms with Gasteiger partial charge in [-0.15, -0.1) is 0 Å². The number of hydrogen-bond acceptors (Lipinski definition) is 0. The SMILES string of the molecule is CCCC1CC2C(CC)C3CC4C(CC)CC5CC(CCC(C)C)CC6CC7CC8C9C(C)CC%10C(C(CC)CC)CC(CCC(C)C)CC%10C9C(C1)C2C8C3C7C4C56. The fraction of sp³-hybridized carbons (Fsp3) is 1.00. The molecule has 0 heteroatoms. The van der Waals surface area contributed by atoms with Crippen molar-refractivity contribution < 1.29 is 0 Å². The van der Waals surface area contributed by atoms with Gasteiger partial charge in [-0.2, -0.15) is 0 Å². The molecule has 10 aliphatic rings. The molecular formula is C59H100. The lowest BCUT2D eigenvalue weighted by Crippen LogP contribution is -2.71. The van der Waals surface area contributed by atoms with Crippen LogP contribution in [0.1, 0.15) is 204 Å². The molecule has 0 N–H and O–H groups in total. The molecule has 0 aromatic carbocycles. The van der Waals surface area contributed by atoms with Gasteiger partial charge in [-0.3, -0.25) is 0 Å². The summed E-state index contributed by atoms with van der Waals surface area (Å²) in [5.41, 5.74) is 0. The molecule has 0 radical (unpaired) electrons. The molecule has 0 aromatic heterocycles. The third-order valence-corrected chi connectivity index (χ3v) is 24.0. The summed E-state index contributed by atoms with van der Waals surface area (Å²) in [5.74, 6) is 29.6. The molecule has 0 saturated heterocycles. The number of rotatable bonds is 13. The molecule has 0 nitrogen and oxygen atoms in total. The lowest BCUT2D eigenvalue weighted by atomic mass is 9.28. The van der Waals surface area contributed by atoms with E-state index in [1.54, 1.807) is 89.9 Å². The standard InChI is InChI=1S/C59H100/c1-11-16-35-25-47-43(15-5)49-31-45-39(14-4)28-40-22-36(19-17-32(6)7)23-41-29-42-30-51-52-34(10)21-46-44(38(12-2)13-3)24-37(20-18-33(8)9)26-48(46)55(52)50(27-35)56(47)59(51)58(49)54(42)57(45)53(40)41/h32-59H,11-31H2,1-10H3. The van der Waals surface area contributed by atoms with Crippen LogP contribution in [-0.2, 0) is 0 Å². The zero-order valence-electron chi connectivity index (χ0n) is 41.0. The smallest absolute Gasteiger partial charge is 0.0315 e. The maximum absolute atomic E-state index is 2.92. The molecule has 59 heavy (non-hydrogen) atoms. The number of hydrogen-bond donors (Lipinski definition) is 0. The van der Waals surface area contributed by atoms with Crippen LogP contribution >= 0.6 is 0 Å². The maximum Gasteiger partial charge on any atom is -0.0315 e. The molecule has 10 rings (SSSR count). The van der Waals surface area contributed by atoms with Crippen molar-refractivity contribution in [1.82, 2.24) is 0 Å². The van der Waals surface area contributed by atoms with Gasteiger partial charge in [0.25, 0.3) is 0 Å². The van der Waals surface area contributed by atoms with E-state index in [0.29, 0.717) is 0 Å². The summed E-state index contributed by atoms with van der Waals surface area (Å²) in [7, 11) is 0. The summed E-state index contributed by atoms with van der Waals surface area (Å²) in [6, 6.07) is 0. The van der Waals surface area contributed by atoms with E-state index in [9.17, 15) is 0 Å². The average Bonchev–Trinajstić information content (AvgIpc) is 3.22. The predicted molar refractivity (Wildman–Crippen MR) is 251 cm³/mol. The monoisotopic (exact) mass is 809 g/mol. The highest BCUT2D eigenvalue weighted by molar-refractivity contribution is 5.20. The van der Waals surface area contributed by atoms with Crippen molar-refractivity contribution in [1.29, 1.82) is 0 Å². The summed E-state index contributed by atoms with van der Waals surface area (Å²) in [6.07, 6.45) is 33.1. The van der Waals surface area contributed by atoms with Crippen LogP contribution in [-0.4, -0.2) is 0 Å². The van der Waals surface area contributed by atoms with Crippen LogP contribution in [0.5, 0.6) is 0 Å². The first-order chi connectivity index (χ1) is 28.6. The molecule has 25 unspecified atom stereocenters. The Bertz CT molecular complexity index is 1400. The Labute approximate surface area is 368 Å². The molecule has 0 amide bonds. The first-order valence-electron chi connectivity index (χ1n) is 28.6. The Kier molecular flexibility index (Phi) is 12.4. The Morgan fingerprint density at radius 2 is 0.966 bits per heavy atom. The van der Waals surface area contributed by atoms with Gasteiger partial charge in [-0.1, -0.05) is 133 Å². The molecule has 336 valence electrons. The van der Waals surface area contributed by atoms with Gasteiger partial charge in [0, 0.05) is 0 Å². The van der Waals surface area contributed by atoms with Crippen molar-refractivity contribution in [3.63, 3.8) is 0 Å². The van der Waals surface area contributed by atoms with E-state index < -0.39 is 0 Å². The van der Waals surface area contributed by atoms with Crippen LogP contribution < -0.4 is 0 Å². The van der Waals surface area contributed by atoms with Crippen LogP contribution in [0, 0.1) is 166 Å². The quantitative estimate of drug-likeness (QED) is 0.174. The molecule has 10 fully saturated rings. The highest BCUT2D eigenvalue weighted by Gasteiger charge is 2.72. The fourth-order valence-corrected chi connectivity index (χ4v) is 22.9. The van der Waals surface area contributed by atoms with Crippen molar-refractivity contribution >= 4 is 0 Å². The van der Waals surface area contributed by atoms with E-state index in [2.05, 4.69) is 69.2 Å².